The van der Waals surface area contributed by atoms with Crippen molar-refractivity contribution in [2.45, 2.75) is 65.3 Å². The van der Waals surface area contributed by atoms with Gasteiger partial charge in [-0.25, -0.2) is 4.39 Å². The summed E-state index contributed by atoms with van der Waals surface area (Å²) in [7, 11) is 0. The molecule has 0 saturated heterocycles. The van der Waals surface area contributed by atoms with Crippen LogP contribution in [0.3, 0.4) is 0 Å². The number of unbranched alkanes of at least 4 members (excludes halogenated alkanes) is 3. The largest absolute Gasteiger partial charge is 0.545 e. The van der Waals surface area contributed by atoms with E-state index in [1.54, 1.807) is 6.07 Å². The second kappa shape index (κ2) is 12.4. The Labute approximate surface area is 215 Å². The summed E-state index contributed by atoms with van der Waals surface area (Å²) in [5, 5.41) is 11.3. The lowest BCUT2D eigenvalue weighted by Crippen LogP contribution is -2.27. The quantitative estimate of drug-likeness (QED) is 0.258. The van der Waals surface area contributed by atoms with Crippen LogP contribution < -0.4 is 10.0 Å². The van der Waals surface area contributed by atoms with Gasteiger partial charge in [0.15, 0.2) is 0 Å². The summed E-state index contributed by atoms with van der Waals surface area (Å²) in [6.07, 6.45) is 4.35. The van der Waals surface area contributed by atoms with Crippen molar-refractivity contribution >= 4 is 11.7 Å². The zero-order chi connectivity index (χ0) is 26.1. The fraction of sp³-hybridized carbons (Fsp3) is 0.344. The van der Waals surface area contributed by atoms with Gasteiger partial charge in [-0.2, -0.15) is 0 Å². The van der Waals surface area contributed by atoms with E-state index in [0.717, 1.165) is 48.9 Å². The Morgan fingerprint density at radius 1 is 0.889 bits per heavy atom. The smallest absolute Gasteiger partial charge is 0.132 e. The van der Waals surface area contributed by atoms with Crippen LogP contribution in [-0.4, -0.2) is 12.5 Å². The van der Waals surface area contributed by atoms with Gasteiger partial charge in [0.1, 0.15) is 5.82 Å². The van der Waals surface area contributed by atoms with Crippen molar-refractivity contribution in [3.63, 3.8) is 0 Å². The Balaban J connectivity index is 1.74. The van der Waals surface area contributed by atoms with E-state index in [1.165, 1.54) is 17.7 Å². The standard InChI is InChI=1S/C32H36FNO2/c1-5-6-7-8-21-34(28-19-20-30(33)29(22-28)31(35)36)23-26-13-11-24(12-14-26)9-10-25-15-17-27(18-16-25)32(2,3)4/h11-20,22H,5-8,21,23H2,1-4H3,(H,35,36)/p-1. The van der Waals surface area contributed by atoms with E-state index < -0.39 is 17.3 Å². The summed E-state index contributed by atoms with van der Waals surface area (Å²) in [4.78, 5) is 13.4. The Hall–Kier alpha value is -3.58. The van der Waals surface area contributed by atoms with Crippen LogP contribution in [0.15, 0.2) is 66.7 Å². The zero-order valence-electron chi connectivity index (χ0n) is 21.7. The lowest BCUT2D eigenvalue weighted by atomic mass is 9.87. The predicted octanol–water partition coefficient (Wildman–Crippen LogP) is 6.47. The minimum Gasteiger partial charge on any atom is -0.545 e. The third-order valence-electron chi connectivity index (χ3n) is 6.25. The normalized spacial score (nSPS) is 11.0. The number of halogens is 1. The molecule has 0 aliphatic carbocycles. The molecule has 0 heterocycles. The van der Waals surface area contributed by atoms with Gasteiger partial charge in [0.05, 0.1) is 5.97 Å². The maximum absolute atomic E-state index is 13.9. The third-order valence-corrected chi connectivity index (χ3v) is 6.25. The van der Waals surface area contributed by atoms with Crippen molar-refractivity contribution in [1.82, 2.24) is 0 Å². The number of carboxylic acids is 1. The molecule has 0 saturated carbocycles. The number of carboxylic acid groups (broad SMARTS) is 1. The summed E-state index contributed by atoms with van der Waals surface area (Å²) in [5.41, 5.74) is 4.64. The van der Waals surface area contributed by atoms with Crippen molar-refractivity contribution in [1.29, 1.82) is 0 Å². The van der Waals surface area contributed by atoms with Gasteiger partial charge in [0.25, 0.3) is 0 Å². The molecule has 0 aliphatic heterocycles. The maximum atomic E-state index is 13.9. The van der Waals surface area contributed by atoms with Gasteiger partial charge in [-0.15, -0.1) is 0 Å². The first-order valence-electron chi connectivity index (χ1n) is 12.6. The number of hydrogen-bond acceptors (Lipinski definition) is 3. The van der Waals surface area contributed by atoms with Crippen molar-refractivity contribution in [2.24, 2.45) is 0 Å². The predicted molar refractivity (Wildman–Crippen MR) is 143 cm³/mol. The van der Waals surface area contributed by atoms with Gasteiger partial charge < -0.3 is 14.8 Å². The first kappa shape index (κ1) is 27.0. The van der Waals surface area contributed by atoms with Gasteiger partial charge in [-0.3, -0.25) is 0 Å². The molecule has 0 amide bonds. The highest BCUT2D eigenvalue weighted by Gasteiger charge is 2.13. The summed E-state index contributed by atoms with van der Waals surface area (Å²) >= 11 is 0. The Kier molecular flexibility index (Phi) is 9.31. The number of carbonyl (C=O) groups excluding carboxylic acids is 1. The fourth-order valence-corrected chi connectivity index (χ4v) is 4.01. The number of hydrogen-bond donors (Lipinski definition) is 0. The van der Waals surface area contributed by atoms with Gasteiger partial charge in [0.2, 0.25) is 0 Å². The van der Waals surface area contributed by atoms with E-state index in [-0.39, 0.29) is 5.41 Å². The first-order chi connectivity index (χ1) is 17.2. The topological polar surface area (TPSA) is 43.4 Å². The van der Waals surface area contributed by atoms with Crippen molar-refractivity contribution in [3.8, 4) is 11.8 Å². The molecule has 3 rings (SSSR count). The van der Waals surface area contributed by atoms with Crippen LogP contribution in [0.4, 0.5) is 10.1 Å². The molecule has 0 spiro atoms. The highest BCUT2D eigenvalue weighted by atomic mass is 19.1. The minimum atomic E-state index is -1.50. The molecule has 0 atom stereocenters. The second-order valence-electron chi connectivity index (χ2n) is 10.2. The Bertz CT molecular complexity index is 1210. The summed E-state index contributed by atoms with van der Waals surface area (Å²) in [6, 6.07) is 20.6. The Morgan fingerprint density at radius 3 is 2.06 bits per heavy atom. The monoisotopic (exact) mass is 484 g/mol. The van der Waals surface area contributed by atoms with Crippen molar-refractivity contribution in [2.75, 3.05) is 11.4 Å². The second-order valence-corrected chi connectivity index (χ2v) is 10.2. The number of rotatable bonds is 9. The maximum Gasteiger partial charge on any atom is 0.132 e. The molecule has 3 aromatic carbocycles. The van der Waals surface area contributed by atoms with E-state index in [9.17, 15) is 14.3 Å². The van der Waals surface area contributed by atoms with Crippen molar-refractivity contribution < 1.29 is 14.3 Å². The van der Waals surface area contributed by atoms with Gasteiger partial charge >= 0.3 is 0 Å². The Morgan fingerprint density at radius 2 is 1.50 bits per heavy atom. The molecule has 0 bridgehead atoms. The molecule has 188 valence electrons. The fourth-order valence-electron chi connectivity index (χ4n) is 4.01. The molecular weight excluding hydrogens is 449 g/mol. The molecule has 0 fully saturated rings. The number of benzene rings is 3. The van der Waals surface area contributed by atoms with Gasteiger partial charge in [-0.1, -0.05) is 83.1 Å². The molecule has 0 unspecified atom stereocenters. The first-order valence-corrected chi connectivity index (χ1v) is 12.6. The third kappa shape index (κ3) is 7.71. The van der Waals surface area contributed by atoms with Crippen LogP contribution in [-0.2, 0) is 12.0 Å². The van der Waals surface area contributed by atoms with Gasteiger partial charge in [-0.05, 0) is 65.4 Å². The number of aromatic carboxylic acids is 1. The highest BCUT2D eigenvalue weighted by Crippen LogP contribution is 2.23. The SMILES string of the molecule is CCCCCCN(Cc1ccc(C#Cc2ccc(C(C)(C)C)cc2)cc1)c1ccc(F)c(C(=O)[O-])c1. The summed E-state index contributed by atoms with van der Waals surface area (Å²) in [5.74, 6) is 4.18. The number of nitrogens with zero attached hydrogens (tertiary/aromatic N) is 1. The van der Waals surface area contributed by atoms with E-state index >= 15 is 0 Å². The lowest BCUT2D eigenvalue weighted by Gasteiger charge is -2.26. The molecule has 0 aliphatic rings. The highest BCUT2D eigenvalue weighted by molar-refractivity contribution is 5.87. The number of carbonyl (C=O) groups is 1. The van der Waals surface area contributed by atoms with Crippen molar-refractivity contribution in [3.05, 3.63) is 100 Å². The lowest BCUT2D eigenvalue weighted by molar-refractivity contribution is -0.255. The van der Waals surface area contributed by atoms with Crippen LogP contribution in [0.25, 0.3) is 0 Å². The van der Waals surface area contributed by atoms with E-state index in [4.69, 9.17) is 0 Å². The molecule has 0 N–H and O–H groups in total. The molecule has 0 radical (unpaired) electrons. The average molecular weight is 485 g/mol. The van der Waals surface area contributed by atoms with Crippen LogP contribution >= 0.6 is 0 Å². The zero-order valence-corrected chi connectivity index (χ0v) is 21.7. The van der Waals surface area contributed by atoms with Crippen LogP contribution in [0.5, 0.6) is 0 Å². The molecule has 36 heavy (non-hydrogen) atoms. The summed E-state index contributed by atoms with van der Waals surface area (Å²) < 4.78 is 13.9. The van der Waals surface area contributed by atoms with E-state index in [2.05, 4.69) is 68.7 Å². The number of anilines is 1. The van der Waals surface area contributed by atoms with E-state index in [1.807, 2.05) is 24.3 Å². The molecule has 0 aromatic heterocycles. The average Bonchev–Trinajstić information content (AvgIpc) is 2.85. The minimum absolute atomic E-state index is 0.117. The van der Waals surface area contributed by atoms with Crippen LogP contribution in [0.1, 0.15) is 86.0 Å². The molecule has 3 nitrogen and oxygen atoms in total. The van der Waals surface area contributed by atoms with Crippen LogP contribution in [0, 0.1) is 17.7 Å². The molecule has 3 aromatic rings. The van der Waals surface area contributed by atoms with Crippen LogP contribution in [0.2, 0.25) is 0 Å². The summed E-state index contributed by atoms with van der Waals surface area (Å²) in [6.45, 7) is 10.1. The van der Waals surface area contributed by atoms with E-state index in [0.29, 0.717) is 12.2 Å². The molecular formula is C32H35FNO2-. The van der Waals surface area contributed by atoms with Gasteiger partial charge in [0, 0.05) is 35.5 Å². The molecule has 4 heteroatoms.